The van der Waals surface area contributed by atoms with Crippen molar-refractivity contribution in [1.29, 1.82) is 0 Å². The molecule has 0 atom stereocenters. The maximum Gasteiger partial charge on any atom is 0.00388 e. The van der Waals surface area contributed by atoms with Gasteiger partial charge in [-0.1, -0.05) is 53.9 Å². The standard InChI is InChI=1S/C6H13N.C4H10.C2H6/c7-6-4-2-1-3-5-6;1-4(2)3;1-2/h6H,1-5,7H2;4H,1-3H3;1-2H3. The van der Waals surface area contributed by atoms with Gasteiger partial charge in [0.15, 0.2) is 0 Å². The SMILES string of the molecule is CC.CC(C)C.NC1CCCCC1. The van der Waals surface area contributed by atoms with Gasteiger partial charge in [-0.25, -0.2) is 0 Å². The van der Waals surface area contributed by atoms with E-state index in [1.807, 2.05) is 13.8 Å². The van der Waals surface area contributed by atoms with E-state index in [1.165, 1.54) is 32.1 Å². The van der Waals surface area contributed by atoms with Gasteiger partial charge in [0, 0.05) is 6.04 Å². The minimum Gasteiger partial charge on any atom is -0.328 e. The van der Waals surface area contributed by atoms with Crippen molar-refractivity contribution < 1.29 is 0 Å². The Kier molecular flexibility index (Phi) is 14.2. The van der Waals surface area contributed by atoms with Crippen LogP contribution in [-0.4, -0.2) is 6.04 Å². The topological polar surface area (TPSA) is 26.0 Å². The third-order valence-corrected chi connectivity index (χ3v) is 1.65. The molecule has 1 saturated carbocycles. The van der Waals surface area contributed by atoms with Crippen molar-refractivity contribution in [3.8, 4) is 0 Å². The van der Waals surface area contributed by atoms with E-state index >= 15 is 0 Å². The highest BCUT2D eigenvalue weighted by Crippen LogP contribution is 2.14. The van der Waals surface area contributed by atoms with Crippen molar-refractivity contribution in [2.45, 2.75) is 72.8 Å². The third-order valence-electron chi connectivity index (χ3n) is 1.65. The maximum absolute atomic E-state index is 5.63. The second-order valence-electron chi connectivity index (χ2n) is 4.13. The minimum atomic E-state index is 0.536. The molecule has 82 valence electrons. The summed E-state index contributed by atoms with van der Waals surface area (Å²) >= 11 is 0. The summed E-state index contributed by atoms with van der Waals surface area (Å²) in [5, 5.41) is 0. The summed E-state index contributed by atoms with van der Waals surface area (Å²) in [4.78, 5) is 0. The molecule has 0 aromatic heterocycles. The summed E-state index contributed by atoms with van der Waals surface area (Å²) in [7, 11) is 0. The van der Waals surface area contributed by atoms with Gasteiger partial charge in [-0.05, 0) is 18.8 Å². The maximum atomic E-state index is 5.63. The summed E-state index contributed by atoms with van der Waals surface area (Å²) in [5.41, 5.74) is 5.63. The van der Waals surface area contributed by atoms with Gasteiger partial charge in [-0.3, -0.25) is 0 Å². The van der Waals surface area contributed by atoms with Gasteiger partial charge in [0.05, 0.1) is 0 Å². The molecule has 1 fully saturated rings. The van der Waals surface area contributed by atoms with Crippen LogP contribution in [0.5, 0.6) is 0 Å². The quantitative estimate of drug-likeness (QED) is 0.610. The van der Waals surface area contributed by atoms with Crippen molar-refractivity contribution in [1.82, 2.24) is 0 Å². The van der Waals surface area contributed by atoms with E-state index in [0.29, 0.717) is 6.04 Å². The van der Waals surface area contributed by atoms with Gasteiger partial charge < -0.3 is 5.73 Å². The Morgan fingerprint density at radius 2 is 1.23 bits per heavy atom. The molecule has 0 aromatic rings. The third kappa shape index (κ3) is 18.7. The second-order valence-corrected chi connectivity index (χ2v) is 4.13. The lowest BCUT2D eigenvalue weighted by atomic mass is 9.97. The molecule has 0 aromatic carbocycles. The van der Waals surface area contributed by atoms with E-state index in [2.05, 4.69) is 20.8 Å². The number of nitrogens with two attached hydrogens (primary N) is 1. The van der Waals surface area contributed by atoms with Gasteiger partial charge in [0.2, 0.25) is 0 Å². The first kappa shape index (κ1) is 15.4. The minimum absolute atomic E-state index is 0.536. The van der Waals surface area contributed by atoms with Crippen LogP contribution in [0.4, 0.5) is 0 Å². The zero-order valence-electron chi connectivity index (χ0n) is 10.3. The highest BCUT2D eigenvalue weighted by Gasteiger charge is 2.06. The fourth-order valence-corrected chi connectivity index (χ4v) is 1.13. The molecule has 0 spiro atoms. The van der Waals surface area contributed by atoms with Gasteiger partial charge >= 0.3 is 0 Å². The zero-order chi connectivity index (χ0) is 10.7. The smallest absolute Gasteiger partial charge is 0.00388 e. The van der Waals surface area contributed by atoms with Crippen molar-refractivity contribution in [3.05, 3.63) is 0 Å². The van der Waals surface area contributed by atoms with Crippen molar-refractivity contribution >= 4 is 0 Å². The van der Waals surface area contributed by atoms with E-state index in [4.69, 9.17) is 5.73 Å². The van der Waals surface area contributed by atoms with E-state index in [1.54, 1.807) is 0 Å². The van der Waals surface area contributed by atoms with Gasteiger partial charge in [0.1, 0.15) is 0 Å². The first-order valence-electron chi connectivity index (χ1n) is 5.88. The lowest BCUT2D eigenvalue weighted by Gasteiger charge is -2.15. The molecule has 1 heteroatoms. The Balaban J connectivity index is 0. The molecule has 0 unspecified atom stereocenters. The van der Waals surface area contributed by atoms with Crippen LogP contribution >= 0.6 is 0 Å². The zero-order valence-corrected chi connectivity index (χ0v) is 10.3. The molecule has 13 heavy (non-hydrogen) atoms. The number of rotatable bonds is 0. The number of hydrogen-bond acceptors (Lipinski definition) is 1. The molecule has 1 rings (SSSR count). The van der Waals surface area contributed by atoms with Crippen LogP contribution < -0.4 is 5.73 Å². The molecule has 1 aliphatic carbocycles. The molecule has 0 radical (unpaired) electrons. The summed E-state index contributed by atoms with van der Waals surface area (Å²) in [5.74, 6) is 0.833. The molecular weight excluding hydrogens is 158 g/mol. The summed E-state index contributed by atoms with van der Waals surface area (Å²) < 4.78 is 0. The van der Waals surface area contributed by atoms with Crippen LogP contribution in [0.15, 0.2) is 0 Å². The predicted octanol–water partition coefficient (Wildman–Crippen LogP) is 3.97. The van der Waals surface area contributed by atoms with Crippen molar-refractivity contribution in [2.75, 3.05) is 0 Å². The predicted molar refractivity (Wildman–Crippen MR) is 62.9 cm³/mol. The molecular formula is C12H29N. The molecule has 0 bridgehead atoms. The Bertz CT molecular complexity index is 70.4. The van der Waals surface area contributed by atoms with Crippen LogP contribution in [0, 0.1) is 5.92 Å². The van der Waals surface area contributed by atoms with Gasteiger partial charge in [0.25, 0.3) is 0 Å². The van der Waals surface area contributed by atoms with E-state index in [-0.39, 0.29) is 0 Å². The average molecular weight is 187 g/mol. The Morgan fingerprint density at radius 1 is 0.923 bits per heavy atom. The molecule has 0 amide bonds. The average Bonchev–Trinajstić information content (AvgIpc) is 2.08. The summed E-state index contributed by atoms with van der Waals surface area (Å²) in [6, 6.07) is 0.536. The van der Waals surface area contributed by atoms with Gasteiger partial charge in [-0.15, -0.1) is 0 Å². The molecule has 0 aliphatic heterocycles. The van der Waals surface area contributed by atoms with Crippen LogP contribution in [0.25, 0.3) is 0 Å². The fourth-order valence-electron chi connectivity index (χ4n) is 1.13. The lowest BCUT2D eigenvalue weighted by molar-refractivity contribution is 0.441. The number of hydrogen-bond donors (Lipinski definition) is 1. The lowest BCUT2D eigenvalue weighted by Crippen LogP contribution is -2.22. The Morgan fingerprint density at radius 3 is 1.38 bits per heavy atom. The molecule has 2 N–H and O–H groups in total. The molecule has 1 aliphatic rings. The van der Waals surface area contributed by atoms with Crippen LogP contribution in [0.3, 0.4) is 0 Å². The molecule has 0 heterocycles. The first-order chi connectivity index (χ1) is 6.13. The van der Waals surface area contributed by atoms with Crippen molar-refractivity contribution in [2.24, 2.45) is 11.7 Å². The second kappa shape index (κ2) is 12.0. The first-order valence-corrected chi connectivity index (χ1v) is 5.88. The van der Waals surface area contributed by atoms with Gasteiger partial charge in [-0.2, -0.15) is 0 Å². The monoisotopic (exact) mass is 187 g/mol. The fraction of sp³-hybridized carbons (Fsp3) is 1.00. The van der Waals surface area contributed by atoms with E-state index in [9.17, 15) is 0 Å². The molecule has 0 saturated heterocycles. The van der Waals surface area contributed by atoms with E-state index < -0.39 is 0 Å². The van der Waals surface area contributed by atoms with Crippen LogP contribution in [-0.2, 0) is 0 Å². The van der Waals surface area contributed by atoms with Crippen molar-refractivity contribution in [3.63, 3.8) is 0 Å². The van der Waals surface area contributed by atoms with Crippen LogP contribution in [0.2, 0.25) is 0 Å². The Labute approximate surface area is 85.1 Å². The highest BCUT2D eigenvalue weighted by atomic mass is 14.6. The highest BCUT2D eigenvalue weighted by molar-refractivity contribution is 4.66. The summed E-state index contributed by atoms with van der Waals surface area (Å²) in [6.45, 7) is 10.5. The normalized spacial score (nSPS) is 16.8. The summed E-state index contributed by atoms with van der Waals surface area (Å²) in [6.07, 6.45) is 6.66. The van der Waals surface area contributed by atoms with E-state index in [0.717, 1.165) is 5.92 Å². The molecule has 1 nitrogen and oxygen atoms in total. The van der Waals surface area contributed by atoms with Crippen LogP contribution in [0.1, 0.15) is 66.7 Å². The Hall–Kier alpha value is -0.0400. The largest absolute Gasteiger partial charge is 0.328 e.